The van der Waals surface area contributed by atoms with Gasteiger partial charge in [0, 0.05) is 48.7 Å². The number of aryl methyl sites for hydroxylation is 1. The summed E-state index contributed by atoms with van der Waals surface area (Å²) in [6.45, 7) is 1.44. The van der Waals surface area contributed by atoms with Crippen molar-refractivity contribution in [3.05, 3.63) is 82.8 Å². The van der Waals surface area contributed by atoms with E-state index in [1.54, 1.807) is 23.1 Å². The van der Waals surface area contributed by atoms with E-state index >= 15 is 0 Å². The van der Waals surface area contributed by atoms with Crippen LogP contribution in [0.15, 0.2) is 65.9 Å². The van der Waals surface area contributed by atoms with Crippen molar-refractivity contribution in [1.82, 2.24) is 19.4 Å². The minimum atomic E-state index is -0.268. The molecule has 6 nitrogen and oxygen atoms in total. The Morgan fingerprint density at radius 3 is 2.87 bits per heavy atom. The molecule has 0 bridgehead atoms. The number of para-hydroxylation sites is 1. The summed E-state index contributed by atoms with van der Waals surface area (Å²) in [5.74, 6) is -0.257. The molecule has 0 atom stereocenters. The van der Waals surface area contributed by atoms with Gasteiger partial charge in [0.2, 0.25) is 5.91 Å². The van der Waals surface area contributed by atoms with Gasteiger partial charge in [-0.25, -0.2) is 9.37 Å². The average Bonchev–Trinajstić information content (AvgIpc) is 3.22. The van der Waals surface area contributed by atoms with Crippen LogP contribution in [0.5, 0.6) is 0 Å². The second-order valence-electron chi connectivity index (χ2n) is 7.72. The third-order valence-corrected chi connectivity index (χ3v) is 5.85. The number of carbonyl (C=O) groups excluding carboxylic acids is 1. The summed E-state index contributed by atoms with van der Waals surface area (Å²) in [5.41, 5.74) is 3.50. The van der Waals surface area contributed by atoms with Crippen LogP contribution in [0.25, 0.3) is 27.4 Å². The van der Waals surface area contributed by atoms with Gasteiger partial charge in [-0.3, -0.25) is 14.2 Å². The maximum Gasteiger partial charge on any atom is 0.261 e. The summed E-state index contributed by atoms with van der Waals surface area (Å²) in [6, 6.07) is 11.9. The number of hydrogen-bond donors (Lipinski definition) is 1. The number of hydrogen-bond acceptors (Lipinski definition) is 3. The number of rotatable bonds is 4. The molecular formula is C24H21FN4O2. The van der Waals surface area contributed by atoms with E-state index in [0.717, 1.165) is 28.5 Å². The van der Waals surface area contributed by atoms with E-state index in [-0.39, 0.29) is 23.7 Å². The number of halogens is 1. The van der Waals surface area contributed by atoms with E-state index in [0.29, 0.717) is 30.5 Å². The second kappa shape index (κ2) is 7.83. The van der Waals surface area contributed by atoms with Gasteiger partial charge in [-0.2, -0.15) is 0 Å². The fourth-order valence-electron chi connectivity index (χ4n) is 4.14. The summed E-state index contributed by atoms with van der Waals surface area (Å²) in [6.07, 6.45) is 6.43. The normalized spacial score (nSPS) is 14.2. The van der Waals surface area contributed by atoms with Crippen molar-refractivity contribution < 1.29 is 9.18 Å². The van der Waals surface area contributed by atoms with Crippen molar-refractivity contribution >= 4 is 33.3 Å². The molecule has 4 aromatic rings. The molecule has 2 aromatic carbocycles. The molecule has 0 aliphatic carbocycles. The Kier molecular flexibility index (Phi) is 4.86. The molecule has 1 N–H and O–H groups in total. The van der Waals surface area contributed by atoms with E-state index in [1.165, 1.54) is 23.0 Å². The molecule has 2 aromatic heterocycles. The zero-order chi connectivity index (χ0) is 21.4. The van der Waals surface area contributed by atoms with E-state index in [1.807, 2.05) is 18.3 Å². The Bertz CT molecular complexity index is 1390. The lowest BCUT2D eigenvalue weighted by molar-refractivity contribution is -0.131. The summed E-state index contributed by atoms with van der Waals surface area (Å²) in [7, 11) is 0. The first kappa shape index (κ1) is 19.2. The van der Waals surface area contributed by atoms with Crippen molar-refractivity contribution in [2.24, 2.45) is 0 Å². The number of H-pyrrole nitrogens is 1. The zero-order valence-electron chi connectivity index (χ0n) is 16.8. The fourth-order valence-corrected chi connectivity index (χ4v) is 4.14. The van der Waals surface area contributed by atoms with E-state index < -0.39 is 0 Å². The number of amides is 1. The SMILES string of the molecule is O=C(CCn1cnc2ccccc2c1=O)N1CC=C(c2c[nH]c3cc(F)ccc23)CC1. The summed E-state index contributed by atoms with van der Waals surface area (Å²) in [4.78, 5) is 34.5. The highest BCUT2D eigenvalue weighted by molar-refractivity contribution is 5.93. The first-order valence-corrected chi connectivity index (χ1v) is 10.3. The highest BCUT2D eigenvalue weighted by atomic mass is 19.1. The monoisotopic (exact) mass is 416 g/mol. The Morgan fingerprint density at radius 1 is 1.16 bits per heavy atom. The number of aromatic nitrogens is 3. The molecular weight excluding hydrogens is 395 g/mol. The maximum atomic E-state index is 13.4. The number of benzene rings is 2. The molecule has 0 spiro atoms. The fraction of sp³-hybridized carbons (Fsp3) is 0.208. The number of nitrogens with one attached hydrogen (secondary N) is 1. The van der Waals surface area contributed by atoms with Crippen LogP contribution >= 0.6 is 0 Å². The van der Waals surface area contributed by atoms with Crippen molar-refractivity contribution in [2.45, 2.75) is 19.4 Å². The third kappa shape index (κ3) is 3.63. The van der Waals surface area contributed by atoms with Crippen molar-refractivity contribution in [3.8, 4) is 0 Å². The first-order valence-electron chi connectivity index (χ1n) is 10.3. The number of fused-ring (bicyclic) bond motifs is 2. The number of nitrogens with zero attached hydrogens (tertiary/aromatic N) is 3. The molecule has 5 rings (SSSR count). The Hall–Kier alpha value is -3.74. The molecule has 1 amide bonds. The standard InChI is InChI=1S/C24H21FN4O2/c25-17-5-6-18-20(14-26-22(18)13-17)16-7-10-28(11-8-16)23(30)9-12-29-15-27-21-4-2-1-3-19(21)24(29)31/h1-7,13-15,26H,8-12H2. The first-order chi connectivity index (χ1) is 15.1. The predicted molar refractivity (Wildman–Crippen MR) is 118 cm³/mol. The quantitative estimate of drug-likeness (QED) is 0.551. The molecule has 0 saturated carbocycles. The van der Waals surface area contributed by atoms with Gasteiger partial charge in [-0.1, -0.05) is 18.2 Å². The Labute approximate surface area is 177 Å². The van der Waals surface area contributed by atoms with Crippen LogP contribution < -0.4 is 5.56 Å². The molecule has 7 heteroatoms. The molecule has 3 heterocycles. The Morgan fingerprint density at radius 2 is 2.03 bits per heavy atom. The number of carbonyl (C=O) groups is 1. The van der Waals surface area contributed by atoms with Crippen molar-refractivity contribution in [2.75, 3.05) is 13.1 Å². The van der Waals surface area contributed by atoms with Gasteiger partial charge in [0.05, 0.1) is 17.2 Å². The topological polar surface area (TPSA) is 71.0 Å². The van der Waals surface area contributed by atoms with Crippen LogP contribution in [-0.4, -0.2) is 38.4 Å². The number of aromatic amines is 1. The zero-order valence-corrected chi connectivity index (χ0v) is 16.8. The summed E-state index contributed by atoms with van der Waals surface area (Å²) < 4.78 is 14.9. The van der Waals surface area contributed by atoms with Gasteiger partial charge in [-0.05, 0) is 42.3 Å². The van der Waals surface area contributed by atoms with E-state index in [9.17, 15) is 14.0 Å². The largest absolute Gasteiger partial charge is 0.360 e. The minimum Gasteiger partial charge on any atom is -0.360 e. The van der Waals surface area contributed by atoms with Crippen LogP contribution in [-0.2, 0) is 11.3 Å². The van der Waals surface area contributed by atoms with E-state index in [4.69, 9.17) is 0 Å². The van der Waals surface area contributed by atoms with Gasteiger partial charge in [0.25, 0.3) is 5.56 Å². The lowest BCUT2D eigenvalue weighted by atomic mass is 9.99. The van der Waals surface area contributed by atoms with Crippen molar-refractivity contribution in [1.29, 1.82) is 0 Å². The second-order valence-corrected chi connectivity index (χ2v) is 7.72. The average molecular weight is 416 g/mol. The van der Waals surface area contributed by atoms with Gasteiger partial charge in [0.15, 0.2) is 0 Å². The Balaban J connectivity index is 1.26. The molecule has 1 aliphatic heterocycles. The van der Waals surface area contributed by atoms with Crippen LogP contribution in [0.1, 0.15) is 18.4 Å². The predicted octanol–water partition coefficient (Wildman–Crippen LogP) is 3.72. The summed E-state index contributed by atoms with van der Waals surface area (Å²) >= 11 is 0. The highest BCUT2D eigenvalue weighted by Crippen LogP contribution is 2.29. The molecule has 0 unspecified atom stereocenters. The molecule has 31 heavy (non-hydrogen) atoms. The van der Waals surface area contributed by atoms with Crippen LogP contribution in [0, 0.1) is 5.82 Å². The van der Waals surface area contributed by atoms with Crippen LogP contribution in [0.2, 0.25) is 0 Å². The minimum absolute atomic E-state index is 0.0105. The van der Waals surface area contributed by atoms with Gasteiger partial charge < -0.3 is 9.88 Å². The maximum absolute atomic E-state index is 13.4. The molecule has 0 fully saturated rings. The molecule has 0 saturated heterocycles. The van der Waals surface area contributed by atoms with E-state index in [2.05, 4.69) is 16.0 Å². The smallest absolute Gasteiger partial charge is 0.261 e. The van der Waals surface area contributed by atoms with Crippen molar-refractivity contribution in [3.63, 3.8) is 0 Å². The van der Waals surface area contributed by atoms with Gasteiger partial charge in [0.1, 0.15) is 5.82 Å². The van der Waals surface area contributed by atoms with Crippen LogP contribution in [0.3, 0.4) is 0 Å². The molecule has 1 aliphatic rings. The lowest BCUT2D eigenvalue weighted by Crippen LogP contribution is -2.35. The molecule has 156 valence electrons. The summed E-state index contributed by atoms with van der Waals surface area (Å²) in [5, 5.41) is 1.54. The van der Waals surface area contributed by atoms with Gasteiger partial charge >= 0.3 is 0 Å². The highest BCUT2D eigenvalue weighted by Gasteiger charge is 2.19. The third-order valence-electron chi connectivity index (χ3n) is 5.85. The molecule has 0 radical (unpaired) electrons. The van der Waals surface area contributed by atoms with Gasteiger partial charge in [-0.15, -0.1) is 0 Å². The van der Waals surface area contributed by atoms with Crippen LogP contribution in [0.4, 0.5) is 4.39 Å². The lowest BCUT2D eigenvalue weighted by Gasteiger charge is -2.26.